The van der Waals surface area contributed by atoms with Gasteiger partial charge in [0.1, 0.15) is 0 Å². The summed E-state index contributed by atoms with van der Waals surface area (Å²) in [6, 6.07) is 0. The molecule has 0 spiro atoms. The molecule has 0 aliphatic carbocycles. The fourth-order valence-electron chi connectivity index (χ4n) is 0.423. The number of carbonyl (C=O) groups is 1. The van der Waals surface area contributed by atoms with Gasteiger partial charge in [0.2, 0.25) is 0 Å². The Morgan fingerprint density at radius 2 is 2.50 bits per heavy atom. The minimum absolute atomic E-state index is 0.0995. The maximum atomic E-state index is 12.0. The Morgan fingerprint density at radius 3 is 2.88 bits per heavy atom. The minimum Gasteiger partial charge on any atom is -0.291 e. The Balaban J connectivity index is 2.80. The zero-order chi connectivity index (χ0) is 5.98. The van der Waals surface area contributed by atoms with Gasteiger partial charge in [0.25, 0.3) is 0 Å². The van der Waals surface area contributed by atoms with Crippen molar-refractivity contribution < 1.29 is 9.18 Å². The number of rotatable bonds is 0. The number of hydrogen-bond donors (Lipinski definition) is 0. The van der Waals surface area contributed by atoms with Gasteiger partial charge in [-0.2, -0.15) is 0 Å². The average Bonchev–Trinajstić information content (AvgIpc) is 1.77. The first-order valence-electron chi connectivity index (χ1n) is 2.21. The van der Waals surface area contributed by atoms with Crippen LogP contribution in [-0.2, 0) is 4.79 Å². The monoisotopic (exact) mass is 113 g/mol. The van der Waals surface area contributed by atoms with E-state index in [1.807, 2.05) is 0 Å². The molecular formula is C5H4FNO. The highest BCUT2D eigenvalue weighted by Gasteiger charge is 2.08. The van der Waals surface area contributed by atoms with Crippen molar-refractivity contribution in [2.75, 3.05) is 0 Å². The summed E-state index contributed by atoms with van der Waals surface area (Å²) in [5, 5.41) is 0. The van der Waals surface area contributed by atoms with E-state index in [9.17, 15) is 9.18 Å². The molecule has 0 aromatic heterocycles. The fourth-order valence-corrected chi connectivity index (χ4v) is 0.423. The lowest BCUT2D eigenvalue weighted by atomic mass is 10.2. The molecule has 3 heteroatoms. The highest BCUT2D eigenvalue weighted by atomic mass is 19.1. The Morgan fingerprint density at radius 1 is 1.75 bits per heavy atom. The molecule has 1 aliphatic rings. The number of nitrogens with zero attached hydrogens (tertiary/aromatic N) is 1. The lowest BCUT2D eigenvalue weighted by Crippen LogP contribution is -2.01. The van der Waals surface area contributed by atoms with Gasteiger partial charge in [0.15, 0.2) is 11.6 Å². The highest BCUT2D eigenvalue weighted by molar-refractivity contribution is 6.03. The van der Waals surface area contributed by atoms with E-state index in [4.69, 9.17) is 0 Å². The van der Waals surface area contributed by atoms with E-state index in [0.717, 1.165) is 6.20 Å². The molecule has 1 aliphatic heterocycles. The standard InChI is InChI=1S/C5H4FNO/c6-4-3-7-2-1-5(4)8/h2-3H,1H2. The first kappa shape index (κ1) is 5.15. The van der Waals surface area contributed by atoms with Crippen molar-refractivity contribution in [1.82, 2.24) is 0 Å². The van der Waals surface area contributed by atoms with Crippen LogP contribution in [0.15, 0.2) is 17.0 Å². The van der Waals surface area contributed by atoms with Crippen molar-refractivity contribution >= 4 is 12.0 Å². The summed E-state index contributed by atoms with van der Waals surface area (Å²) >= 11 is 0. The molecule has 1 heterocycles. The molecule has 0 bridgehead atoms. The molecule has 0 unspecified atom stereocenters. The molecule has 0 aromatic rings. The van der Waals surface area contributed by atoms with Crippen LogP contribution in [0.4, 0.5) is 4.39 Å². The van der Waals surface area contributed by atoms with Crippen LogP contribution in [0, 0.1) is 0 Å². The van der Waals surface area contributed by atoms with E-state index >= 15 is 0 Å². The lowest BCUT2D eigenvalue weighted by molar-refractivity contribution is -0.115. The van der Waals surface area contributed by atoms with Crippen LogP contribution in [0.3, 0.4) is 0 Å². The van der Waals surface area contributed by atoms with Gasteiger partial charge in [-0.15, -0.1) is 0 Å². The smallest absolute Gasteiger partial charge is 0.198 e. The molecule has 0 amide bonds. The lowest BCUT2D eigenvalue weighted by Gasteiger charge is -1.93. The van der Waals surface area contributed by atoms with Crippen LogP contribution < -0.4 is 0 Å². The molecule has 8 heavy (non-hydrogen) atoms. The molecule has 0 radical (unpaired) electrons. The van der Waals surface area contributed by atoms with Gasteiger partial charge < -0.3 is 0 Å². The number of ketones is 1. The second-order valence-corrected chi connectivity index (χ2v) is 1.44. The zero-order valence-electron chi connectivity index (χ0n) is 4.10. The van der Waals surface area contributed by atoms with E-state index < -0.39 is 11.6 Å². The summed E-state index contributed by atoms with van der Waals surface area (Å²) in [5.74, 6) is -1.23. The SMILES string of the molecule is O=C1CC=NC=C1F. The van der Waals surface area contributed by atoms with Crippen molar-refractivity contribution in [1.29, 1.82) is 0 Å². The second-order valence-electron chi connectivity index (χ2n) is 1.44. The van der Waals surface area contributed by atoms with Crippen molar-refractivity contribution in [2.24, 2.45) is 4.99 Å². The fraction of sp³-hybridized carbons (Fsp3) is 0.200. The molecule has 1 rings (SSSR count). The van der Waals surface area contributed by atoms with Crippen LogP contribution >= 0.6 is 0 Å². The molecule has 0 aromatic carbocycles. The quantitative estimate of drug-likeness (QED) is 0.457. The van der Waals surface area contributed by atoms with Crippen LogP contribution in [0.5, 0.6) is 0 Å². The Hall–Kier alpha value is -0.990. The minimum atomic E-state index is -0.743. The largest absolute Gasteiger partial charge is 0.291 e. The number of aliphatic imine (C=N–C) groups is 1. The summed E-state index contributed by atoms with van der Waals surface area (Å²) in [7, 11) is 0. The van der Waals surface area contributed by atoms with E-state index in [1.54, 1.807) is 0 Å². The van der Waals surface area contributed by atoms with Crippen molar-refractivity contribution in [3.8, 4) is 0 Å². The van der Waals surface area contributed by atoms with E-state index in [1.165, 1.54) is 6.21 Å². The summed E-state index contributed by atoms with van der Waals surface area (Å²) in [5.41, 5.74) is 0. The van der Waals surface area contributed by atoms with Crippen LogP contribution in [0.25, 0.3) is 0 Å². The van der Waals surface area contributed by atoms with Gasteiger partial charge >= 0.3 is 0 Å². The third kappa shape index (κ3) is 0.804. The third-order valence-corrected chi connectivity index (χ3v) is 0.836. The first-order valence-corrected chi connectivity index (χ1v) is 2.21. The van der Waals surface area contributed by atoms with E-state index in [-0.39, 0.29) is 6.42 Å². The predicted molar refractivity (Wildman–Crippen MR) is 27.3 cm³/mol. The normalized spacial score (nSPS) is 18.6. The maximum absolute atomic E-state index is 12.0. The van der Waals surface area contributed by atoms with Gasteiger partial charge in [-0.1, -0.05) is 0 Å². The van der Waals surface area contributed by atoms with Gasteiger partial charge in [-0.3, -0.25) is 9.79 Å². The van der Waals surface area contributed by atoms with Crippen LogP contribution in [0.1, 0.15) is 6.42 Å². The number of carbonyl (C=O) groups excluding carboxylic acids is 1. The summed E-state index contributed by atoms with van der Waals surface area (Å²) in [6.45, 7) is 0. The number of Topliss-reactive ketones (excluding diaryl/α,β-unsaturated/α-hetero) is 1. The number of halogens is 1. The van der Waals surface area contributed by atoms with E-state index in [0.29, 0.717) is 0 Å². The van der Waals surface area contributed by atoms with Crippen LogP contribution in [0.2, 0.25) is 0 Å². The molecule has 0 atom stereocenters. The number of allylic oxidation sites excluding steroid dienone is 1. The molecule has 42 valence electrons. The highest BCUT2D eigenvalue weighted by Crippen LogP contribution is 2.04. The molecule has 0 fully saturated rings. The summed E-state index contributed by atoms with van der Waals surface area (Å²) < 4.78 is 12.0. The predicted octanol–water partition coefficient (Wildman–Crippen LogP) is 0.841. The molecule has 0 N–H and O–H groups in total. The van der Waals surface area contributed by atoms with Crippen molar-refractivity contribution in [3.63, 3.8) is 0 Å². The molecule has 0 saturated heterocycles. The van der Waals surface area contributed by atoms with E-state index in [2.05, 4.69) is 4.99 Å². The maximum Gasteiger partial charge on any atom is 0.198 e. The van der Waals surface area contributed by atoms with Gasteiger partial charge in [-0.25, -0.2) is 4.39 Å². The molecule has 2 nitrogen and oxygen atoms in total. The molecular weight excluding hydrogens is 109 g/mol. The van der Waals surface area contributed by atoms with Crippen molar-refractivity contribution in [2.45, 2.75) is 6.42 Å². The van der Waals surface area contributed by atoms with Gasteiger partial charge in [-0.05, 0) is 0 Å². The van der Waals surface area contributed by atoms with Gasteiger partial charge in [0, 0.05) is 12.6 Å². The van der Waals surface area contributed by atoms with Gasteiger partial charge in [0.05, 0.1) is 6.20 Å². The Labute approximate surface area is 45.7 Å². The third-order valence-electron chi connectivity index (χ3n) is 0.836. The Bertz CT molecular complexity index is 171. The second kappa shape index (κ2) is 1.86. The average molecular weight is 113 g/mol. The zero-order valence-corrected chi connectivity index (χ0v) is 4.10. The summed E-state index contributed by atoms with van der Waals surface area (Å²) in [4.78, 5) is 13.7. The van der Waals surface area contributed by atoms with Crippen molar-refractivity contribution in [3.05, 3.63) is 12.0 Å². The topological polar surface area (TPSA) is 29.4 Å². The Kier molecular flexibility index (Phi) is 1.20. The molecule has 0 saturated carbocycles. The summed E-state index contributed by atoms with van der Waals surface area (Å²) in [6.07, 6.45) is 2.40. The van der Waals surface area contributed by atoms with Crippen LogP contribution in [-0.4, -0.2) is 12.0 Å². The first-order chi connectivity index (χ1) is 3.80. The number of hydrogen-bond acceptors (Lipinski definition) is 2.